The molecular weight excluding hydrogens is 247 g/mol. The van der Waals surface area contributed by atoms with Gasteiger partial charge < -0.3 is 5.32 Å². The van der Waals surface area contributed by atoms with Gasteiger partial charge in [-0.15, -0.1) is 11.3 Å². The van der Waals surface area contributed by atoms with Gasteiger partial charge in [0.15, 0.2) is 0 Å². The smallest absolute Gasteiger partial charge is 0.126 e. The molecule has 2 nitrogen and oxygen atoms in total. The average molecular weight is 262 g/mol. The zero-order valence-corrected chi connectivity index (χ0v) is 11.0. The van der Waals surface area contributed by atoms with Gasteiger partial charge in [-0.3, -0.25) is 0 Å². The molecule has 1 unspecified atom stereocenters. The van der Waals surface area contributed by atoms with Crippen molar-refractivity contribution in [2.75, 3.05) is 0 Å². The third-order valence-corrected chi connectivity index (χ3v) is 4.05. The van der Waals surface area contributed by atoms with Gasteiger partial charge in [0.2, 0.25) is 0 Å². The highest BCUT2D eigenvalue weighted by Gasteiger charge is 2.27. The Morgan fingerprint density at radius 2 is 2.28 bits per heavy atom. The predicted molar refractivity (Wildman–Crippen MR) is 71.3 cm³/mol. The van der Waals surface area contributed by atoms with Crippen molar-refractivity contribution in [1.29, 1.82) is 0 Å². The fraction of sp³-hybridized carbons (Fsp3) is 0.357. The highest BCUT2D eigenvalue weighted by molar-refractivity contribution is 7.09. The van der Waals surface area contributed by atoms with Crippen molar-refractivity contribution in [3.8, 4) is 0 Å². The first-order chi connectivity index (χ1) is 8.74. The van der Waals surface area contributed by atoms with Crippen LogP contribution in [0.5, 0.6) is 0 Å². The molecule has 1 aliphatic rings. The third kappa shape index (κ3) is 2.44. The third-order valence-electron chi connectivity index (χ3n) is 3.21. The Labute approximate surface area is 110 Å². The van der Waals surface area contributed by atoms with Gasteiger partial charge in [-0.2, -0.15) is 0 Å². The van der Waals surface area contributed by atoms with Gasteiger partial charge in [0.05, 0.1) is 6.04 Å². The quantitative estimate of drug-likeness (QED) is 0.913. The zero-order valence-electron chi connectivity index (χ0n) is 10.2. The van der Waals surface area contributed by atoms with Crippen molar-refractivity contribution in [3.05, 3.63) is 51.7 Å². The van der Waals surface area contributed by atoms with Gasteiger partial charge >= 0.3 is 0 Å². The van der Waals surface area contributed by atoms with Crippen LogP contribution in [-0.4, -0.2) is 11.0 Å². The van der Waals surface area contributed by atoms with Crippen molar-refractivity contribution >= 4 is 11.3 Å². The maximum atomic E-state index is 13.7. The molecule has 1 heterocycles. The molecule has 18 heavy (non-hydrogen) atoms. The lowest BCUT2D eigenvalue weighted by atomic mass is 10.0. The summed E-state index contributed by atoms with van der Waals surface area (Å²) in [4.78, 5) is 4.36. The van der Waals surface area contributed by atoms with E-state index in [-0.39, 0.29) is 11.9 Å². The van der Waals surface area contributed by atoms with E-state index >= 15 is 0 Å². The first-order valence-corrected chi connectivity index (χ1v) is 7.03. The minimum atomic E-state index is -0.147. The zero-order chi connectivity index (χ0) is 12.5. The molecule has 0 amide bonds. The lowest BCUT2D eigenvalue weighted by Gasteiger charge is -2.17. The summed E-state index contributed by atoms with van der Waals surface area (Å²) in [5.41, 5.74) is 1.64. The number of aromatic nitrogens is 1. The minimum Gasteiger partial charge on any atom is -0.301 e. The average Bonchev–Trinajstić information content (AvgIpc) is 3.02. The number of hydrogen-bond donors (Lipinski definition) is 1. The summed E-state index contributed by atoms with van der Waals surface area (Å²) in [6.07, 6.45) is 4.21. The number of thiazole rings is 1. The lowest BCUT2D eigenvalue weighted by molar-refractivity contribution is 0.581. The van der Waals surface area contributed by atoms with Crippen molar-refractivity contribution in [1.82, 2.24) is 10.3 Å². The SMILES string of the molecule is Cc1ccc(C(NC2CC2)c2nccs2)cc1F. The maximum Gasteiger partial charge on any atom is 0.126 e. The summed E-state index contributed by atoms with van der Waals surface area (Å²) < 4.78 is 13.7. The molecule has 4 heteroatoms. The van der Waals surface area contributed by atoms with Gasteiger partial charge in [0, 0.05) is 17.6 Å². The van der Waals surface area contributed by atoms with Gasteiger partial charge in [-0.05, 0) is 37.0 Å². The van der Waals surface area contributed by atoms with Crippen LogP contribution in [0.3, 0.4) is 0 Å². The standard InChI is InChI=1S/C14H15FN2S/c1-9-2-3-10(8-12(9)15)13(17-11-4-5-11)14-16-6-7-18-14/h2-3,6-8,11,13,17H,4-5H2,1H3. The number of rotatable bonds is 4. The molecule has 2 aromatic rings. The summed E-state index contributed by atoms with van der Waals surface area (Å²) in [7, 11) is 0. The Hall–Kier alpha value is -1.26. The normalized spacial score (nSPS) is 16.8. The summed E-state index contributed by atoms with van der Waals surface area (Å²) in [5.74, 6) is -0.147. The van der Waals surface area contributed by atoms with Gasteiger partial charge in [-0.1, -0.05) is 12.1 Å². The van der Waals surface area contributed by atoms with E-state index in [1.54, 1.807) is 30.5 Å². The molecule has 1 aromatic carbocycles. The van der Waals surface area contributed by atoms with E-state index in [0.717, 1.165) is 10.6 Å². The number of nitrogens with zero attached hydrogens (tertiary/aromatic N) is 1. The molecule has 1 N–H and O–H groups in total. The number of aryl methyl sites for hydroxylation is 1. The van der Waals surface area contributed by atoms with Gasteiger partial charge in [0.25, 0.3) is 0 Å². The highest BCUT2D eigenvalue weighted by Crippen LogP contribution is 2.30. The molecule has 1 fully saturated rings. The predicted octanol–water partition coefficient (Wildman–Crippen LogP) is 3.43. The fourth-order valence-corrected chi connectivity index (χ4v) is 2.68. The Morgan fingerprint density at radius 1 is 1.44 bits per heavy atom. The number of halogens is 1. The fourth-order valence-electron chi connectivity index (χ4n) is 1.96. The maximum absolute atomic E-state index is 13.7. The second kappa shape index (κ2) is 4.78. The summed E-state index contributed by atoms with van der Waals surface area (Å²) in [5, 5.41) is 6.50. The second-order valence-electron chi connectivity index (χ2n) is 4.75. The van der Waals surface area contributed by atoms with Gasteiger partial charge in [0.1, 0.15) is 10.8 Å². The monoisotopic (exact) mass is 262 g/mol. The van der Waals surface area contributed by atoms with E-state index in [1.807, 2.05) is 17.5 Å². The van der Waals surface area contributed by atoms with E-state index in [9.17, 15) is 4.39 Å². The number of benzene rings is 1. The highest BCUT2D eigenvalue weighted by atomic mass is 32.1. The molecule has 0 saturated heterocycles. The van der Waals surface area contributed by atoms with Crippen molar-refractivity contribution in [2.45, 2.75) is 31.8 Å². The van der Waals surface area contributed by atoms with Crippen LogP contribution in [0.15, 0.2) is 29.8 Å². The minimum absolute atomic E-state index is 0.0209. The van der Waals surface area contributed by atoms with E-state index in [4.69, 9.17) is 0 Å². The Morgan fingerprint density at radius 3 is 2.89 bits per heavy atom. The van der Waals surface area contributed by atoms with E-state index in [0.29, 0.717) is 11.6 Å². The van der Waals surface area contributed by atoms with E-state index in [2.05, 4.69) is 10.3 Å². The molecule has 3 rings (SSSR count). The van der Waals surface area contributed by atoms with E-state index < -0.39 is 0 Å². The largest absolute Gasteiger partial charge is 0.301 e. The van der Waals surface area contributed by atoms with Crippen LogP contribution in [0.2, 0.25) is 0 Å². The van der Waals surface area contributed by atoms with Crippen LogP contribution in [-0.2, 0) is 0 Å². The second-order valence-corrected chi connectivity index (χ2v) is 5.68. The van der Waals surface area contributed by atoms with Crippen LogP contribution in [0, 0.1) is 12.7 Å². The molecule has 1 aliphatic carbocycles. The molecule has 0 bridgehead atoms. The topological polar surface area (TPSA) is 24.9 Å². The Bertz CT molecular complexity index is 535. The van der Waals surface area contributed by atoms with Crippen LogP contribution >= 0.6 is 11.3 Å². The molecule has 0 spiro atoms. The van der Waals surface area contributed by atoms with Crippen LogP contribution in [0.4, 0.5) is 4.39 Å². The molecule has 1 saturated carbocycles. The number of nitrogens with one attached hydrogen (secondary N) is 1. The summed E-state index contributed by atoms with van der Waals surface area (Å²) in [6.45, 7) is 1.78. The van der Waals surface area contributed by atoms with Crippen LogP contribution in [0.1, 0.15) is 35.0 Å². The van der Waals surface area contributed by atoms with Crippen molar-refractivity contribution in [2.24, 2.45) is 0 Å². The molecule has 0 radical (unpaired) electrons. The lowest BCUT2D eigenvalue weighted by Crippen LogP contribution is -2.24. The Kier molecular flexibility index (Phi) is 3.14. The molecule has 94 valence electrons. The number of hydrogen-bond acceptors (Lipinski definition) is 3. The first-order valence-electron chi connectivity index (χ1n) is 6.15. The Balaban J connectivity index is 1.93. The molecular formula is C14H15FN2S. The van der Waals surface area contributed by atoms with Crippen molar-refractivity contribution < 1.29 is 4.39 Å². The van der Waals surface area contributed by atoms with Crippen molar-refractivity contribution in [3.63, 3.8) is 0 Å². The molecule has 0 aliphatic heterocycles. The molecule has 1 aromatic heterocycles. The van der Waals surface area contributed by atoms with Gasteiger partial charge in [-0.25, -0.2) is 9.37 Å². The summed E-state index contributed by atoms with van der Waals surface area (Å²) >= 11 is 1.61. The molecule has 1 atom stereocenters. The van der Waals surface area contributed by atoms with Crippen LogP contribution in [0.25, 0.3) is 0 Å². The first kappa shape index (κ1) is 11.8. The van der Waals surface area contributed by atoms with E-state index in [1.165, 1.54) is 12.8 Å². The summed E-state index contributed by atoms with van der Waals surface area (Å²) in [6, 6.07) is 6.02. The van der Waals surface area contributed by atoms with Crippen LogP contribution < -0.4 is 5.32 Å².